The van der Waals surface area contributed by atoms with Crippen molar-refractivity contribution in [2.24, 2.45) is 5.92 Å². The van der Waals surface area contributed by atoms with Crippen molar-refractivity contribution in [2.75, 3.05) is 41.0 Å². The molecule has 1 N–H and O–H groups in total. The van der Waals surface area contributed by atoms with Crippen molar-refractivity contribution >= 4 is 0 Å². The van der Waals surface area contributed by atoms with Gasteiger partial charge in [-0.1, -0.05) is 0 Å². The summed E-state index contributed by atoms with van der Waals surface area (Å²) in [7, 11) is 5.51. The Morgan fingerprint density at radius 3 is 2.50 bits per heavy atom. The molecule has 4 heteroatoms. The maximum Gasteiger partial charge on any atom is 0.122 e. The van der Waals surface area contributed by atoms with Crippen LogP contribution in [0.5, 0.6) is 11.5 Å². The van der Waals surface area contributed by atoms with E-state index in [1.807, 2.05) is 13.0 Å². The number of likely N-dealkylation sites (N-methyl/N-ethyl adjacent to an activating group) is 1. The lowest BCUT2D eigenvalue weighted by atomic mass is 9.84. The number of aryl methyl sites for hydroxylation is 1. The first-order valence-corrected chi connectivity index (χ1v) is 7.11. The van der Waals surface area contributed by atoms with Crippen LogP contribution in [-0.2, 0) is 0 Å². The molecule has 0 saturated carbocycles. The largest absolute Gasteiger partial charge is 0.496 e. The number of methoxy groups -OCH3 is 2. The van der Waals surface area contributed by atoms with Crippen LogP contribution in [-0.4, -0.2) is 51.0 Å². The van der Waals surface area contributed by atoms with Gasteiger partial charge in [-0.15, -0.1) is 0 Å². The second-order valence-corrected chi connectivity index (χ2v) is 5.77. The van der Waals surface area contributed by atoms with Gasteiger partial charge < -0.3 is 19.5 Å². The number of ether oxygens (including phenoxy) is 2. The molecule has 0 aliphatic carbocycles. The van der Waals surface area contributed by atoms with E-state index < -0.39 is 0 Å². The van der Waals surface area contributed by atoms with Gasteiger partial charge in [0.05, 0.1) is 14.2 Å². The number of rotatable bonds is 4. The molecule has 0 amide bonds. The van der Waals surface area contributed by atoms with Gasteiger partial charge in [-0.05, 0) is 44.0 Å². The summed E-state index contributed by atoms with van der Waals surface area (Å²) in [4.78, 5) is 2.28. The van der Waals surface area contributed by atoms with Crippen LogP contribution in [0.1, 0.15) is 23.5 Å². The fourth-order valence-corrected chi connectivity index (χ4v) is 3.19. The normalized spacial score (nSPS) is 23.6. The smallest absolute Gasteiger partial charge is 0.122 e. The van der Waals surface area contributed by atoms with E-state index in [4.69, 9.17) is 9.47 Å². The molecule has 0 bridgehead atoms. The van der Waals surface area contributed by atoms with Crippen molar-refractivity contribution in [1.29, 1.82) is 0 Å². The van der Waals surface area contributed by atoms with Gasteiger partial charge in [0, 0.05) is 31.2 Å². The maximum atomic E-state index is 9.46. The van der Waals surface area contributed by atoms with Gasteiger partial charge in [-0.2, -0.15) is 0 Å². The summed E-state index contributed by atoms with van der Waals surface area (Å²) in [6, 6.07) is 4.13. The minimum atomic E-state index is 0.242. The van der Waals surface area contributed by atoms with Gasteiger partial charge in [0.25, 0.3) is 0 Å². The number of piperidine rings is 1. The first-order chi connectivity index (χ1) is 9.58. The molecule has 0 radical (unpaired) electrons. The lowest BCUT2D eigenvalue weighted by Gasteiger charge is -2.35. The first-order valence-electron chi connectivity index (χ1n) is 7.11. The number of aliphatic hydroxyl groups is 1. The zero-order chi connectivity index (χ0) is 14.7. The number of nitrogens with zero attached hydrogens (tertiary/aromatic N) is 1. The molecule has 0 spiro atoms. The van der Waals surface area contributed by atoms with Crippen molar-refractivity contribution in [2.45, 2.75) is 19.3 Å². The summed E-state index contributed by atoms with van der Waals surface area (Å²) in [5.41, 5.74) is 2.26. The van der Waals surface area contributed by atoms with Crippen LogP contribution in [0.4, 0.5) is 0 Å². The van der Waals surface area contributed by atoms with Crippen LogP contribution in [0.3, 0.4) is 0 Å². The average molecular weight is 279 g/mol. The SMILES string of the molecule is COc1cc([C@H]2C[C@H](CO)CN(C)C2)c(OC)cc1C. The molecule has 2 atom stereocenters. The van der Waals surface area contributed by atoms with Crippen LogP contribution >= 0.6 is 0 Å². The van der Waals surface area contributed by atoms with E-state index in [0.29, 0.717) is 11.8 Å². The Kier molecular flexibility index (Phi) is 4.89. The van der Waals surface area contributed by atoms with Gasteiger partial charge in [-0.25, -0.2) is 0 Å². The summed E-state index contributed by atoms with van der Waals surface area (Å²) < 4.78 is 11.0. The molecule has 1 aliphatic rings. The molecule has 1 aliphatic heterocycles. The zero-order valence-electron chi connectivity index (χ0n) is 12.8. The Hall–Kier alpha value is -1.26. The third-order valence-corrected chi connectivity index (χ3v) is 4.17. The monoisotopic (exact) mass is 279 g/mol. The minimum absolute atomic E-state index is 0.242. The molecule has 1 fully saturated rings. The fourth-order valence-electron chi connectivity index (χ4n) is 3.19. The zero-order valence-corrected chi connectivity index (χ0v) is 12.8. The van der Waals surface area contributed by atoms with E-state index in [-0.39, 0.29) is 6.61 Å². The van der Waals surface area contributed by atoms with Gasteiger partial charge in [0.1, 0.15) is 11.5 Å². The van der Waals surface area contributed by atoms with Crippen LogP contribution in [0.25, 0.3) is 0 Å². The highest BCUT2D eigenvalue weighted by Crippen LogP contribution is 2.38. The van der Waals surface area contributed by atoms with E-state index >= 15 is 0 Å². The molecule has 4 nitrogen and oxygen atoms in total. The van der Waals surface area contributed by atoms with Crippen LogP contribution < -0.4 is 9.47 Å². The number of hydrogen-bond donors (Lipinski definition) is 1. The molecule has 0 unspecified atom stereocenters. The molecule has 2 rings (SSSR count). The molecule has 1 saturated heterocycles. The Labute approximate surface area is 121 Å². The van der Waals surface area contributed by atoms with Crippen molar-refractivity contribution in [1.82, 2.24) is 4.90 Å². The second kappa shape index (κ2) is 6.46. The predicted molar refractivity (Wildman–Crippen MR) is 79.7 cm³/mol. The lowest BCUT2D eigenvalue weighted by molar-refractivity contribution is 0.124. The van der Waals surface area contributed by atoms with Gasteiger partial charge in [-0.3, -0.25) is 0 Å². The van der Waals surface area contributed by atoms with E-state index in [9.17, 15) is 5.11 Å². The molecule has 112 valence electrons. The van der Waals surface area contributed by atoms with E-state index in [1.165, 1.54) is 5.56 Å². The molecule has 0 aromatic heterocycles. The molecule has 1 heterocycles. The van der Waals surface area contributed by atoms with E-state index in [0.717, 1.165) is 36.6 Å². The highest BCUT2D eigenvalue weighted by Gasteiger charge is 2.28. The van der Waals surface area contributed by atoms with Crippen LogP contribution in [0.15, 0.2) is 12.1 Å². The third kappa shape index (κ3) is 3.07. The van der Waals surface area contributed by atoms with Crippen LogP contribution in [0, 0.1) is 12.8 Å². The Balaban J connectivity index is 2.34. The van der Waals surface area contributed by atoms with Crippen LogP contribution in [0.2, 0.25) is 0 Å². The third-order valence-electron chi connectivity index (χ3n) is 4.17. The molecule has 1 aromatic rings. The Morgan fingerprint density at radius 1 is 1.20 bits per heavy atom. The Morgan fingerprint density at radius 2 is 1.90 bits per heavy atom. The van der Waals surface area contributed by atoms with Crippen molar-refractivity contribution in [3.05, 3.63) is 23.3 Å². The number of likely N-dealkylation sites (tertiary alicyclic amines) is 1. The quantitative estimate of drug-likeness (QED) is 0.916. The summed E-state index contributed by atoms with van der Waals surface area (Å²) in [6.07, 6.45) is 0.989. The number of hydrogen-bond acceptors (Lipinski definition) is 4. The van der Waals surface area contributed by atoms with Crippen molar-refractivity contribution in [3.63, 3.8) is 0 Å². The summed E-state index contributed by atoms with van der Waals surface area (Å²) in [5, 5.41) is 9.46. The molecule has 20 heavy (non-hydrogen) atoms. The second-order valence-electron chi connectivity index (χ2n) is 5.77. The number of aliphatic hydroxyl groups excluding tert-OH is 1. The average Bonchev–Trinajstić information content (AvgIpc) is 2.46. The highest BCUT2D eigenvalue weighted by atomic mass is 16.5. The first kappa shape index (κ1) is 15.1. The van der Waals surface area contributed by atoms with E-state index in [1.54, 1.807) is 14.2 Å². The van der Waals surface area contributed by atoms with E-state index in [2.05, 4.69) is 18.0 Å². The topological polar surface area (TPSA) is 41.9 Å². The summed E-state index contributed by atoms with van der Waals surface area (Å²) in [6.45, 7) is 4.21. The van der Waals surface area contributed by atoms with Gasteiger partial charge in [0.2, 0.25) is 0 Å². The Bertz CT molecular complexity index is 461. The number of benzene rings is 1. The van der Waals surface area contributed by atoms with Gasteiger partial charge in [0.15, 0.2) is 0 Å². The molecule has 1 aromatic carbocycles. The maximum absolute atomic E-state index is 9.46. The molecular formula is C16H25NO3. The highest BCUT2D eigenvalue weighted by molar-refractivity contribution is 5.47. The molecular weight excluding hydrogens is 254 g/mol. The summed E-state index contributed by atoms with van der Waals surface area (Å²) in [5.74, 6) is 2.51. The van der Waals surface area contributed by atoms with Crippen molar-refractivity contribution < 1.29 is 14.6 Å². The van der Waals surface area contributed by atoms with Crippen molar-refractivity contribution in [3.8, 4) is 11.5 Å². The van der Waals surface area contributed by atoms with Gasteiger partial charge >= 0.3 is 0 Å². The predicted octanol–water partition coefficient (Wildman–Crippen LogP) is 2.04. The minimum Gasteiger partial charge on any atom is -0.496 e. The lowest BCUT2D eigenvalue weighted by Crippen LogP contribution is -2.38. The standard InChI is InChI=1S/C16H25NO3/c1-11-5-16(20-4)14(7-15(11)19-3)13-6-12(10-18)8-17(2)9-13/h5,7,12-13,18H,6,8-10H2,1-4H3/t12-,13-/m0/s1. The fraction of sp³-hybridized carbons (Fsp3) is 0.625. The summed E-state index contributed by atoms with van der Waals surface area (Å²) >= 11 is 0.